The second kappa shape index (κ2) is 5.90. The van der Waals surface area contributed by atoms with E-state index in [4.69, 9.17) is 0 Å². The quantitative estimate of drug-likeness (QED) is 0.890. The summed E-state index contributed by atoms with van der Waals surface area (Å²) < 4.78 is 0. The van der Waals surface area contributed by atoms with Crippen LogP contribution in [0.2, 0.25) is 0 Å². The predicted molar refractivity (Wildman–Crippen MR) is 82.6 cm³/mol. The Kier molecular flexibility index (Phi) is 3.81. The summed E-state index contributed by atoms with van der Waals surface area (Å²) in [6.45, 7) is 2.91. The van der Waals surface area contributed by atoms with Gasteiger partial charge in [0.25, 0.3) is 0 Å². The first-order valence-electron chi connectivity index (χ1n) is 7.30. The van der Waals surface area contributed by atoms with Crippen LogP contribution in [-0.4, -0.2) is 16.5 Å². The molecule has 0 radical (unpaired) electrons. The summed E-state index contributed by atoms with van der Waals surface area (Å²) in [4.78, 5) is 8.45. The Morgan fingerprint density at radius 1 is 1.00 bits per heavy atom. The largest absolute Gasteiger partial charge is 0.370 e. The van der Waals surface area contributed by atoms with Crippen molar-refractivity contribution in [2.24, 2.45) is 0 Å². The van der Waals surface area contributed by atoms with E-state index in [-0.39, 0.29) is 0 Å². The first-order valence-corrected chi connectivity index (χ1v) is 7.30. The Morgan fingerprint density at radius 2 is 1.80 bits per heavy atom. The van der Waals surface area contributed by atoms with Gasteiger partial charge in [-0.1, -0.05) is 6.07 Å². The molecule has 1 heterocycles. The van der Waals surface area contributed by atoms with Crippen molar-refractivity contribution in [1.82, 2.24) is 9.97 Å². The number of aryl methyl sites for hydroxylation is 2. The number of fused-ring (bicyclic) bond motifs is 1. The highest BCUT2D eigenvalue weighted by atomic mass is 15.1. The molecule has 1 aliphatic rings. The minimum Gasteiger partial charge on any atom is -0.370 e. The fraction of sp³-hybridized carbons (Fsp3) is 0.375. The van der Waals surface area contributed by atoms with Gasteiger partial charge in [0.2, 0.25) is 0 Å². The topological polar surface area (TPSA) is 49.8 Å². The van der Waals surface area contributed by atoms with Gasteiger partial charge in [-0.25, -0.2) is 9.97 Å². The van der Waals surface area contributed by atoms with Crippen LogP contribution in [0.5, 0.6) is 0 Å². The average Bonchev–Trinajstić information content (AvgIpc) is 2.48. The van der Waals surface area contributed by atoms with Gasteiger partial charge in [-0.3, -0.25) is 0 Å². The summed E-state index contributed by atoms with van der Waals surface area (Å²) in [5.41, 5.74) is 4.08. The highest BCUT2D eigenvalue weighted by molar-refractivity contribution is 5.60. The van der Waals surface area contributed by atoms with Gasteiger partial charge in [-0.05, 0) is 55.9 Å². The van der Waals surface area contributed by atoms with Crippen LogP contribution < -0.4 is 10.6 Å². The van der Waals surface area contributed by atoms with Crippen LogP contribution in [0.4, 0.5) is 17.3 Å². The monoisotopic (exact) mass is 268 g/mol. The molecule has 2 aromatic rings. The number of rotatable bonds is 4. The summed E-state index contributed by atoms with van der Waals surface area (Å²) in [6, 6.07) is 8.56. The third-order valence-corrected chi connectivity index (χ3v) is 3.65. The predicted octanol–water partition coefficient (Wildman–Crippen LogP) is 3.53. The second-order valence-electron chi connectivity index (χ2n) is 5.13. The van der Waals surface area contributed by atoms with E-state index in [9.17, 15) is 0 Å². The van der Waals surface area contributed by atoms with E-state index in [1.807, 2.05) is 6.07 Å². The third kappa shape index (κ3) is 2.90. The number of nitrogens with one attached hydrogen (secondary N) is 2. The lowest BCUT2D eigenvalue weighted by molar-refractivity contribution is 0.686. The summed E-state index contributed by atoms with van der Waals surface area (Å²) >= 11 is 0. The average molecular weight is 268 g/mol. The minimum absolute atomic E-state index is 0.826. The molecule has 4 heteroatoms. The molecule has 0 spiro atoms. The number of benzene rings is 1. The first kappa shape index (κ1) is 12.9. The fourth-order valence-electron chi connectivity index (χ4n) is 2.66. The highest BCUT2D eigenvalue weighted by Crippen LogP contribution is 2.25. The third-order valence-electron chi connectivity index (χ3n) is 3.65. The Hall–Kier alpha value is -2.10. The molecule has 0 bridgehead atoms. The molecule has 1 aliphatic carbocycles. The molecule has 0 atom stereocenters. The lowest BCUT2D eigenvalue weighted by Gasteiger charge is -2.17. The van der Waals surface area contributed by atoms with Crippen molar-refractivity contribution >= 4 is 17.3 Å². The van der Waals surface area contributed by atoms with E-state index in [2.05, 4.69) is 45.7 Å². The van der Waals surface area contributed by atoms with Gasteiger partial charge in [-0.15, -0.1) is 0 Å². The second-order valence-corrected chi connectivity index (χ2v) is 5.13. The van der Waals surface area contributed by atoms with E-state index in [0.29, 0.717) is 0 Å². The zero-order valence-corrected chi connectivity index (χ0v) is 11.8. The zero-order chi connectivity index (χ0) is 13.8. The van der Waals surface area contributed by atoms with E-state index in [0.717, 1.165) is 23.9 Å². The van der Waals surface area contributed by atoms with E-state index < -0.39 is 0 Å². The number of anilines is 3. The standard InChI is InChI=1S/C16H20N4/c1-2-17-15-10-16(19-11-18-15)20-14-8-7-12-5-3-4-6-13(12)9-14/h7-11H,2-6H2,1H3,(H2,17,18,19,20). The molecule has 0 amide bonds. The van der Waals surface area contributed by atoms with Crippen LogP contribution in [0.15, 0.2) is 30.6 Å². The summed E-state index contributed by atoms with van der Waals surface area (Å²) in [5, 5.41) is 6.55. The summed E-state index contributed by atoms with van der Waals surface area (Å²) in [5.74, 6) is 1.68. The van der Waals surface area contributed by atoms with E-state index in [1.54, 1.807) is 6.33 Å². The molecule has 4 nitrogen and oxygen atoms in total. The Bertz CT molecular complexity index is 595. The van der Waals surface area contributed by atoms with Crippen molar-refractivity contribution in [2.75, 3.05) is 17.2 Å². The lowest BCUT2D eigenvalue weighted by atomic mass is 9.91. The van der Waals surface area contributed by atoms with Crippen molar-refractivity contribution in [2.45, 2.75) is 32.6 Å². The molecular weight excluding hydrogens is 248 g/mol. The molecule has 0 saturated heterocycles. The molecule has 2 N–H and O–H groups in total. The molecule has 0 aliphatic heterocycles. The molecule has 1 aromatic heterocycles. The van der Waals surface area contributed by atoms with Crippen LogP contribution in [-0.2, 0) is 12.8 Å². The molecule has 104 valence electrons. The highest BCUT2D eigenvalue weighted by Gasteiger charge is 2.09. The van der Waals surface area contributed by atoms with Crippen molar-refractivity contribution in [3.8, 4) is 0 Å². The van der Waals surface area contributed by atoms with Crippen molar-refractivity contribution in [1.29, 1.82) is 0 Å². The zero-order valence-electron chi connectivity index (χ0n) is 11.8. The molecule has 0 unspecified atom stereocenters. The van der Waals surface area contributed by atoms with Crippen LogP contribution >= 0.6 is 0 Å². The Balaban J connectivity index is 1.78. The van der Waals surface area contributed by atoms with Crippen molar-refractivity contribution in [3.63, 3.8) is 0 Å². The fourth-order valence-corrected chi connectivity index (χ4v) is 2.66. The lowest BCUT2D eigenvalue weighted by Crippen LogP contribution is -2.04. The minimum atomic E-state index is 0.826. The van der Waals surface area contributed by atoms with Crippen molar-refractivity contribution < 1.29 is 0 Å². The maximum absolute atomic E-state index is 4.27. The first-order chi connectivity index (χ1) is 9.85. The van der Waals surface area contributed by atoms with Gasteiger partial charge < -0.3 is 10.6 Å². The number of nitrogens with zero attached hydrogens (tertiary/aromatic N) is 2. The molecule has 1 aromatic carbocycles. The normalized spacial score (nSPS) is 13.7. The van der Waals surface area contributed by atoms with E-state index >= 15 is 0 Å². The molecule has 0 saturated carbocycles. The van der Waals surface area contributed by atoms with Gasteiger partial charge in [-0.2, -0.15) is 0 Å². The van der Waals surface area contributed by atoms with Crippen molar-refractivity contribution in [3.05, 3.63) is 41.7 Å². The summed E-state index contributed by atoms with van der Waals surface area (Å²) in [7, 11) is 0. The van der Waals surface area contributed by atoms with Crippen LogP contribution in [0.1, 0.15) is 30.9 Å². The molecule has 3 rings (SSSR count). The molecule has 0 fully saturated rings. The smallest absolute Gasteiger partial charge is 0.135 e. The summed E-state index contributed by atoms with van der Waals surface area (Å²) in [6.07, 6.45) is 6.61. The van der Waals surface area contributed by atoms with Gasteiger partial charge in [0, 0.05) is 18.3 Å². The molecule has 20 heavy (non-hydrogen) atoms. The van der Waals surface area contributed by atoms with Crippen LogP contribution in [0.25, 0.3) is 0 Å². The van der Waals surface area contributed by atoms with Crippen LogP contribution in [0, 0.1) is 0 Å². The maximum Gasteiger partial charge on any atom is 0.135 e. The Morgan fingerprint density at radius 3 is 2.65 bits per heavy atom. The SMILES string of the molecule is CCNc1cc(Nc2ccc3c(c2)CCCC3)ncn1. The van der Waals surface area contributed by atoms with Gasteiger partial charge >= 0.3 is 0 Å². The number of hydrogen-bond donors (Lipinski definition) is 2. The number of aromatic nitrogens is 2. The Labute approximate surface area is 119 Å². The maximum atomic E-state index is 4.27. The molecular formula is C16H20N4. The van der Waals surface area contributed by atoms with Gasteiger partial charge in [0.15, 0.2) is 0 Å². The van der Waals surface area contributed by atoms with Crippen LogP contribution in [0.3, 0.4) is 0 Å². The van der Waals surface area contributed by atoms with E-state index in [1.165, 1.54) is 36.8 Å². The van der Waals surface area contributed by atoms with Gasteiger partial charge in [0.05, 0.1) is 0 Å². The number of hydrogen-bond acceptors (Lipinski definition) is 4. The van der Waals surface area contributed by atoms with Gasteiger partial charge in [0.1, 0.15) is 18.0 Å².